The summed E-state index contributed by atoms with van der Waals surface area (Å²) in [5.74, 6) is 1.53. The van der Waals surface area contributed by atoms with E-state index in [4.69, 9.17) is 58.5 Å². The molecule has 11 heteroatoms. The number of ether oxygens (including phenoxy) is 5. The van der Waals surface area contributed by atoms with Crippen molar-refractivity contribution in [2.75, 3.05) is 26.1 Å². The second-order valence-electron chi connectivity index (χ2n) is 7.62. The van der Waals surface area contributed by atoms with Gasteiger partial charge in [0.1, 0.15) is 24.4 Å². The lowest BCUT2D eigenvalue weighted by atomic mass is 10.1. The van der Waals surface area contributed by atoms with Crippen molar-refractivity contribution in [1.29, 1.82) is 0 Å². The lowest BCUT2D eigenvalue weighted by Gasteiger charge is -2.20. The van der Waals surface area contributed by atoms with Crippen molar-refractivity contribution in [3.63, 3.8) is 0 Å². The number of methoxy groups -OCH3 is 2. The molecule has 1 N–H and O–H groups in total. The quantitative estimate of drug-likeness (QED) is 0.448. The first-order valence-electron chi connectivity index (χ1n) is 10.2. The maximum absolute atomic E-state index is 6.34. The number of hydrogen-bond donors (Lipinski definition) is 1. The summed E-state index contributed by atoms with van der Waals surface area (Å²) in [6.07, 6.45) is 1.24. The van der Waals surface area contributed by atoms with Crippen LogP contribution in [0, 0.1) is 0 Å². The van der Waals surface area contributed by atoms with Gasteiger partial charge in [-0.2, -0.15) is 0 Å². The Morgan fingerprint density at radius 2 is 1.91 bits per heavy atom. The van der Waals surface area contributed by atoms with Crippen molar-refractivity contribution in [3.05, 3.63) is 45.7 Å². The Hall–Kier alpha value is -2.07. The molecule has 2 aliphatic heterocycles. The van der Waals surface area contributed by atoms with Gasteiger partial charge >= 0.3 is 0 Å². The minimum Gasteiger partial charge on any atom is -0.493 e. The molecule has 5 rings (SSSR count). The predicted molar refractivity (Wildman–Crippen MR) is 125 cm³/mol. The van der Waals surface area contributed by atoms with E-state index < -0.39 is 6.29 Å². The minimum absolute atomic E-state index is 0.0551. The Balaban J connectivity index is 1.43. The molecule has 1 aromatic heterocycles. The largest absolute Gasteiger partial charge is 0.493 e. The summed E-state index contributed by atoms with van der Waals surface area (Å²) < 4.78 is 28.9. The number of nitrogens with one attached hydrogen (secondary N) is 1. The minimum atomic E-state index is -0.487. The molecular formula is C22H20Cl3N3O5. The van der Waals surface area contributed by atoms with Crippen LogP contribution in [0.2, 0.25) is 15.1 Å². The topological polar surface area (TPSA) is 84.0 Å². The van der Waals surface area contributed by atoms with Gasteiger partial charge in [0.2, 0.25) is 6.29 Å². The Labute approximate surface area is 205 Å². The molecule has 0 bridgehead atoms. The zero-order valence-corrected chi connectivity index (χ0v) is 19.9. The maximum atomic E-state index is 6.34. The van der Waals surface area contributed by atoms with Crippen LogP contribution in [0.1, 0.15) is 6.42 Å². The molecule has 0 unspecified atom stereocenters. The smallest absolute Gasteiger partial charge is 0.203 e. The van der Waals surface area contributed by atoms with Crippen LogP contribution < -0.4 is 14.8 Å². The number of fused-ring (bicyclic) bond motifs is 2. The second-order valence-corrected chi connectivity index (χ2v) is 8.78. The summed E-state index contributed by atoms with van der Waals surface area (Å²) in [7, 11) is 3.21. The fourth-order valence-electron chi connectivity index (χ4n) is 4.03. The molecule has 0 aliphatic carbocycles. The summed E-state index contributed by atoms with van der Waals surface area (Å²) in [6.45, 7) is 0.521. The van der Waals surface area contributed by atoms with Crippen LogP contribution in [0.4, 0.5) is 11.5 Å². The molecule has 0 saturated carbocycles. The zero-order chi connectivity index (χ0) is 23.1. The van der Waals surface area contributed by atoms with Crippen LogP contribution >= 0.6 is 34.8 Å². The third-order valence-corrected chi connectivity index (χ3v) is 7.00. The Kier molecular flexibility index (Phi) is 6.39. The van der Waals surface area contributed by atoms with Crippen LogP contribution in [0.5, 0.6) is 11.5 Å². The van der Waals surface area contributed by atoms with E-state index in [0.717, 1.165) is 0 Å². The van der Waals surface area contributed by atoms with Gasteiger partial charge in [-0.3, -0.25) is 0 Å². The highest BCUT2D eigenvalue weighted by Crippen LogP contribution is 2.40. The van der Waals surface area contributed by atoms with Gasteiger partial charge in [0.25, 0.3) is 0 Å². The molecule has 2 aromatic carbocycles. The molecular weight excluding hydrogens is 493 g/mol. The Morgan fingerprint density at radius 3 is 2.70 bits per heavy atom. The van der Waals surface area contributed by atoms with Gasteiger partial charge in [0.05, 0.1) is 46.1 Å². The van der Waals surface area contributed by atoms with Gasteiger partial charge in [-0.1, -0.05) is 34.8 Å². The van der Waals surface area contributed by atoms with Gasteiger partial charge in [0.15, 0.2) is 11.5 Å². The lowest BCUT2D eigenvalue weighted by Crippen LogP contribution is -2.30. The Bertz CT molecular complexity index is 1200. The standard InChI is InChI=1S/C22H20Cl3N3O5/c1-29-14-5-10-13(6-15(14)32-18-7-16-21(33-18)17(30-2)8-31-16)26-9-27-22(10)28-12-4-3-11(23)19(24)20(12)25/h3-6,9,16-18,21H,7-8H2,1-2H3,(H,26,27,28)/t16-,17+,18+,21+/m1/s1. The van der Waals surface area contributed by atoms with E-state index in [1.54, 1.807) is 38.5 Å². The number of anilines is 2. The molecule has 2 saturated heterocycles. The van der Waals surface area contributed by atoms with Crippen molar-refractivity contribution < 1.29 is 23.7 Å². The molecule has 0 spiro atoms. The van der Waals surface area contributed by atoms with Crippen molar-refractivity contribution in [2.24, 2.45) is 0 Å². The predicted octanol–water partition coefficient (Wildman–Crippen LogP) is 5.25. The first-order valence-corrected chi connectivity index (χ1v) is 11.3. The molecule has 2 fully saturated rings. The van der Waals surface area contributed by atoms with Crippen LogP contribution in [-0.2, 0) is 14.2 Å². The fourth-order valence-corrected chi connectivity index (χ4v) is 4.61. The van der Waals surface area contributed by atoms with Gasteiger partial charge in [-0.15, -0.1) is 0 Å². The molecule has 0 amide bonds. The van der Waals surface area contributed by atoms with Crippen molar-refractivity contribution in [3.8, 4) is 11.5 Å². The SMILES string of the molecule is COc1cc2c(Nc3ccc(Cl)c(Cl)c3Cl)ncnc2cc1O[C@@H]1C[C@H]2OC[C@H](OC)[C@H]2O1. The van der Waals surface area contributed by atoms with Crippen LogP contribution in [0.3, 0.4) is 0 Å². The number of aromatic nitrogens is 2. The monoisotopic (exact) mass is 511 g/mol. The maximum Gasteiger partial charge on any atom is 0.203 e. The Morgan fingerprint density at radius 1 is 1.06 bits per heavy atom. The molecule has 4 atom stereocenters. The normalized spacial score (nSPS) is 24.2. The van der Waals surface area contributed by atoms with Crippen LogP contribution in [-0.4, -0.2) is 55.4 Å². The van der Waals surface area contributed by atoms with Gasteiger partial charge in [-0.25, -0.2) is 9.97 Å². The van der Waals surface area contributed by atoms with E-state index in [1.165, 1.54) is 6.33 Å². The molecule has 3 heterocycles. The summed E-state index contributed by atoms with van der Waals surface area (Å²) in [5.41, 5.74) is 1.20. The first kappa shape index (κ1) is 22.7. The highest BCUT2D eigenvalue weighted by Gasteiger charge is 2.47. The molecule has 3 aromatic rings. The summed E-state index contributed by atoms with van der Waals surface area (Å²) >= 11 is 18.5. The van der Waals surface area contributed by atoms with Gasteiger partial charge in [0, 0.05) is 25.0 Å². The number of halogens is 3. The lowest BCUT2D eigenvalue weighted by molar-refractivity contribution is -0.108. The first-order chi connectivity index (χ1) is 16.0. The van der Waals surface area contributed by atoms with E-state index in [1.807, 2.05) is 0 Å². The third-order valence-electron chi connectivity index (χ3n) is 5.71. The van der Waals surface area contributed by atoms with E-state index >= 15 is 0 Å². The zero-order valence-electron chi connectivity index (χ0n) is 17.7. The fraction of sp³-hybridized carbons (Fsp3) is 0.364. The number of rotatable bonds is 6. The third kappa shape index (κ3) is 4.27. The summed E-state index contributed by atoms with van der Waals surface area (Å²) in [4.78, 5) is 8.73. The highest BCUT2D eigenvalue weighted by molar-refractivity contribution is 6.49. The number of hydrogen-bond acceptors (Lipinski definition) is 8. The highest BCUT2D eigenvalue weighted by atomic mass is 35.5. The number of benzene rings is 2. The average Bonchev–Trinajstić information content (AvgIpc) is 3.39. The number of nitrogens with zero attached hydrogens (tertiary/aromatic N) is 2. The molecule has 0 radical (unpaired) electrons. The van der Waals surface area contributed by atoms with Gasteiger partial charge in [-0.05, 0) is 18.2 Å². The van der Waals surface area contributed by atoms with Crippen molar-refractivity contribution in [1.82, 2.24) is 9.97 Å². The van der Waals surface area contributed by atoms with E-state index in [2.05, 4.69) is 15.3 Å². The van der Waals surface area contributed by atoms with Crippen molar-refractivity contribution >= 4 is 57.2 Å². The molecule has 8 nitrogen and oxygen atoms in total. The van der Waals surface area contributed by atoms with Crippen molar-refractivity contribution in [2.45, 2.75) is 31.0 Å². The summed E-state index contributed by atoms with van der Waals surface area (Å²) in [6, 6.07) is 6.96. The summed E-state index contributed by atoms with van der Waals surface area (Å²) in [5, 5.41) is 4.81. The van der Waals surface area contributed by atoms with E-state index in [0.29, 0.717) is 57.0 Å². The molecule has 2 aliphatic rings. The van der Waals surface area contributed by atoms with E-state index in [-0.39, 0.29) is 23.3 Å². The van der Waals surface area contributed by atoms with Crippen LogP contribution in [0.15, 0.2) is 30.6 Å². The molecule has 174 valence electrons. The van der Waals surface area contributed by atoms with E-state index in [9.17, 15) is 0 Å². The molecule has 33 heavy (non-hydrogen) atoms. The van der Waals surface area contributed by atoms with Crippen LogP contribution in [0.25, 0.3) is 10.9 Å². The van der Waals surface area contributed by atoms with Gasteiger partial charge < -0.3 is 29.0 Å². The second kappa shape index (κ2) is 9.29. The average molecular weight is 513 g/mol.